The Balaban J connectivity index is 0.000000140. The summed E-state index contributed by atoms with van der Waals surface area (Å²) in [5.41, 5.74) is 5.82. The molecule has 0 aliphatic rings. The maximum absolute atomic E-state index is 3.61. The Kier molecular flexibility index (Phi) is 7.17. The zero-order valence-electron chi connectivity index (χ0n) is 24.1. The Labute approximate surface area is 252 Å². The first kappa shape index (κ1) is 26.3. The van der Waals surface area contributed by atoms with E-state index in [-0.39, 0.29) is 0 Å². The van der Waals surface area contributed by atoms with Crippen LogP contribution < -0.4 is 10.6 Å². The number of para-hydroxylation sites is 2. The largest absolute Gasteiger partial charge is 0.355 e. The molecule has 8 aromatic rings. The van der Waals surface area contributed by atoms with Gasteiger partial charge in [0.25, 0.3) is 0 Å². The highest BCUT2D eigenvalue weighted by molar-refractivity contribution is 6.15. The van der Waals surface area contributed by atoms with Crippen molar-refractivity contribution in [2.24, 2.45) is 0 Å². The van der Waals surface area contributed by atoms with Crippen LogP contribution in [0.25, 0.3) is 43.1 Å². The monoisotopic (exact) mass is 552 g/mol. The summed E-state index contributed by atoms with van der Waals surface area (Å²) >= 11 is 0. The lowest BCUT2D eigenvalue weighted by Crippen LogP contribution is -1.94. The quantitative estimate of drug-likeness (QED) is 0.212. The summed E-state index contributed by atoms with van der Waals surface area (Å²) in [6.07, 6.45) is 0. The van der Waals surface area contributed by atoms with E-state index in [0.717, 1.165) is 22.7 Å². The molecular formula is C41H32N2. The summed E-state index contributed by atoms with van der Waals surface area (Å²) in [7, 11) is 0. The Morgan fingerprint density at radius 1 is 0.326 bits per heavy atom. The molecule has 0 saturated heterocycles. The third-order valence-electron chi connectivity index (χ3n) is 8.01. The lowest BCUT2D eigenvalue weighted by molar-refractivity contribution is 1.44. The van der Waals surface area contributed by atoms with E-state index in [0.29, 0.717) is 0 Å². The highest BCUT2D eigenvalue weighted by Crippen LogP contribution is 2.34. The maximum atomic E-state index is 3.61. The molecule has 2 nitrogen and oxygen atoms in total. The smallest absolute Gasteiger partial charge is 0.0470 e. The predicted molar refractivity (Wildman–Crippen MR) is 187 cm³/mol. The van der Waals surface area contributed by atoms with E-state index < -0.39 is 0 Å². The van der Waals surface area contributed by atoms with E-state index in [4.69, 9.17) is 0 Å². The third-order valence-corrected chi connectivity index (χ3v) is 8.01. The van der Waals surface area contributed by atoms with Crippen molar-refractivity contribution in [3.63, 3.8) is 0 Å². The van der Waals surface area contributed by atoms with Gasteiger partial charge in [-0.25, -0.2) is 0 Å². The molecule has 0 saturated carbocycles. The molecule has 0 amide bonds. The Hall–Kier alpha value is -5.60. The first-order valence-electron chi connectivity index (χ1n) is 14.7. The number of aryl methyl sites for hydroxylation is 1. The molecule has 8 rings (SSSR count). The first-order chi connectivity index (χ1) is 21.2. The molecule has 2 heteroatoms. The van der Waals surface area contributed by atoms with Crippen LogP contribution in [-0.2, 0) is 0 Å². The van der Waals surface area contributed by atoms with Gasteiger partial charge in [-0.05, 0) is 75.1 Å². The van der Waals surface area contributed by atoms with Crippen LogP contribution in [-0.4, -0.2) is 0 Å². The minimum absolute atomic E-state index is 1.11. The van der Waals surface area contributed by atoms with Gasteiger partial charge in [0.05, 0.1) is 0 Å². The van der Waals surface area contributed by atoms with Crippen molar-refractivity contribution in [2.45, 2.75) is 6.92 Å². The van der Waals surface area contributed by atoms with Crippen molar-refractivity contribution in [3.05, 3.63) is 169 Å². The van der Waals surface area contributed by atoms with Gasteiger partial charge in [0.1, 0.15) is 0 Å². The highest BCUT2D eigenvalue weighted by Gasteiger charge is 2.07. The zero-order valence-corrected chi connectivity index (χ0v) is 24.1. The Morgan fingerprint density at radius 2 is 0.767 bits per heavy atom. The third kappa shape index (κ3) is 5.39. The molecule has 0 atom stereocenters. The van der Waals surface area contributed by atoms with Gasteiger partial charge >= 0.3 is 0 Å². The summed E-state index contributed by atoms with van der Waals surface area (Å²) in [5.74, 6) is 0. The molecule has 0 aliphatic carbocycles. The molecule has 0 heterocycles. The van der Waals surface area contributed by atoms with Crippen molar-refractivity contribution in [2.75, 3.05) is 10.6 Å². The second-order valence-corrected chi connectivity index (χ2v) is 10.8. The fraction of sp³-hybridized carbons (Fsp3) is 0.0244. The van der Waals surface area contributed by atoms with Crippen LogP contribution in [0.2, 0.25) is 0 Å². The van der Waals surface area contributed by atoms with E-state index in [1.165, 1.54) is 48.7 Å². The van der Waals surface area contributed by atoms with Crippen LogP contribution in [0.1, 0.15) is 5.56 Å². The SMILES string of the molecule is Cc1ccccc1Nc1cccc2ccc3ccccc3c12.c1ccc(Nc2cccc3ccc4ccccc4c23)cc1. The van der Waals surface area contributed by atoms with E-state index in [1.54, 1.807) is 0 Å². The van der Waals surface area contributed by atoms with Crippen molar-refractivity contribution >= 4 is 65.8 Å². The lowest BCUT2D eigenvalue weighted by atomic mass is 10.0. The first-order valence-corrected chi connectivity index (χ1v) is 14.7. The van der Waals surface area contributed by atoms with Crippen LogP contribution >= 0.6 is 0 Å². The molecular weight excluding hydrogens is 520 g/mol. The molecule has 43 heavy (non-hydrogen) atoms. The summed E-state index contributed by atoms with van der Waals surface area (Å²) < 4.78 is 0. The fourth-order valence-corrected chi connectivity index (χ4v) is 5.86. The van der Waals surface area contributed by atoms with Crippen LogP contribution in [0.4, 0.5) is 22.7 Å². The van der Waals surface area contributed by atoms with Gasteiger partial charge in [-0.15, -0.1) is 0 Å². The molecule has 0 spiro atoms. The van der Waals surface area contributed by atoms with Crippen LogP contribution in [0, 0.1) is 6.92 Å². The second-order valence-electron chi connectivity index (χ2n) is 10.8. The van der Waals surface area contributed by atoms with Crippen LogP contribution in [0.3, 0.4) is 0 Å². The predicted octanol–water partition coefficient (Wildman–Crippen LogP) is 11.8. The van der Waals surface area contributed by atoms with E-state index in [9.17, 15) is 0 Å². The van der Waals surface area contributed by atoms with Gasteiger partial charge in [0.15, 0.2) is 0 Å². The van der Waals surface area contributed by atoms with Gasteiger partial charge in [-0.2, -0.15) is 0 Å². The van der Waals surface area contributed by atoms with Crippen molar-refractivity contribution in [1.29, 1.82) is 0 Å². The number of hydrogen-bond acceptors (Lipinski definition) is 2. The second kappa shape index (κ2) is 11.7. The minimum Gasteiger partial charge on any atom is -0.355 e. The lowest BCUT2D eigenvalue weighted by Gasteiger charge is -2.14. The molecule has 0 unspecified atom stereocenters. The van der Waals surface area contributed by atoms with Crippen molar-refractivity contribution in [3.8, 4) is 0 Å². The zero-order chi connectivity index (χ0) is 29.0. The summed E-state index contributed by atoms with van der Waals surface area (Å²) in [4.78, 5) is 0. The number of anilines is 4. The molecule has 0 aromatic heterocycles. The number of nitrogens with one attached hydrogen (secondary N) is 2. The van der Waals surface area contributed by atoms with Gasteiger partial charge in [-0.3, -0.25) is 0 Å². The molecule has 0 radical (unpaired) electrons. The van der Waals surface area contributed by atoms with Crippen molar-refractivity contribution in [1.82, 2.24) is 0 Å². The number of fused-ring (bicyclic) bond motifs is 6. The van der Waals surface area contributed by atoms with Gasteiger partial charge in [0.2, 0.25) is 0 Å². The number of rotatable bonds is 4. The normalized spacial score (nSPS) is 10.9. The standard InChI is InChI=1S/C21H17N.C20H15N/c1-15-7-2-5-11-19(15)22-20-12-6-9-17-14-13-16-8-3-4-10-18(16)21(17)20;1-2-9-17(10-3-1)21-19-12-6-8-16-14-13-15-7-4-5-11-18(15)20(16)19/h2-14,22H,1H3;1-14,21H. The Bertz CT molecular complexity index is 2200. The van der Waals surface area contributed by atoms with E-state index >= 15 is 0 Å². The molecule has 2 N–H and O–H groups in total. The fourth-order valence-electron chi connectivity index (χ4n) is 5.86. The van der Waals surface area contributed by atoms with Gasteiger partial charge in [-0.1, -0.05) is 133 Å². The van der Waals surface area contributed by atoms with E-state index in [2.05, 4.69) is 163 Å². The maximum Gasteiger partial charge on any atom is 0.0470 e. The van der Waals surface area contributed by atoms with Gasteiger partial charge < -0.3 is 10.6 Å². The molecule has 0 fully saturated rings. The average Bonchev–Trinajstić information content (AvgIpc) is 3.06. The molecule has 206 valence electrons. The topological polar surface area (TPSA) is 24.1 Å². The van der Waals surface area contributed by atoms with E-state index in [1.807, 2.05) is 18.2 Å². The van der Waals surface area contributed by atoms with Crippen LogP contribution in [0.5, 0.6) is 0 Å². The molecule has 0 bridgehead atoms. The highest BCUT2D eigenvalue weighted by atomic mass is 14.9. The average molecular weight is 553 g/mol. The van der Waals surface area contributed by atoms with Crippen molar-refractivity contribution < 1.29 is 0 Å². The summed E-state index contributed by atoms with van der Waals surface area (Å²) in [6.45, 7) is 2.13. The Morgan fingerprint density at radius 3 is 1.37 bits per heavy atom. The summed E-state index contributed by atoms with van der Waals surface area (Å²) in [5, 5.41) is 17.3. The minimum atomic E-state index is 1.11. The van der Waals surface area contributed by atoms with Crippen LogP contribution in [0.15, 0.2) is 164 Å². The summed E-state index contributed by atoms with van der Waals surface area (Å²) in [6, 6.07) is 57.4. The molecule has 8 aromatic carbocycles. The molecule has 0 aliphatic heterocycles. The van der Waals surface area contributed by atoms with Gasteiger partial charge in [0, 0.05) is 33.5 Å². The number of hydrogen-bond donors (Lipinski definition) is 2. The number of benzene rings is 8.